The van der Waals surface area contributed by atoms with Crippen LogP contribution in [0.15, 0.2) is 48.5 Å². The summed E-state index contributed by atoms with van der Waals surface area (Å²) < 4.78 is 5.31. The van der Waals surface area contributed by atoms with Crippen LogP contribution in [0.25, 0.3) is 0 Å². The Morgan fingerprint density at radius 1 is 1.15 bits per heavy atom. The number of carbonyl (C=O) groups excluding carboxylic acids is 2. The first-order chi connectivity index (χ1) is 12.4. The third kappa shape index (κ3) is 4.03. The van der Waals surface area contributed by atoms with Crippen molar-refractivity contribution in [1.29, 1.82) is 0 Å². The van der Waals surface area contributed by atoms with Crippen molar-refractivity contribution < 1.29 is 19.4 Å². The number of benzene rings is 2. The average Bonchev–Trinajstić information content (AvgIpc) is 3.00. The largest absolute Gasteiger partial charge is 0.416 e. The smallest absolute Gasteiger partial charge is 0.410 e. The summed E-state index contributed by atoms with van der Waals surface area (Å²) in [5.74, 6) is 0.0611. The van der Waals surface area contributed by atoms with Crippen LogP contribution in [-0.4, -0.2) is 40.7 Å². The molecule has 2 aromatic carbocycles. The van der Waals surface area contributed by atoms with Crippen molar-refractivity contribution in [3.63, 3.8) is 0 Å². The zero-order valence-corrected chi connectivity index (χ0v) is 14.8. The van der Waals surface area contributed by atoms with Crippen molar-refractivity contribution in [3.8, 4) is 5.75 Å². The molecule has 6 heteroatoms. The van der Waals surface area contributed by atoms with Crippen LogP contribution in [0.2, 0.25) is 0 Å². The Morgan fingerprint density at radius 2 is 1.88 bits per heavy atom. The van der Waals surface area contributed by atoms with Crippen molar-refractivity contribution >= 4 is 17.7 Å². The fraction of sp³-hybridized carbons (Fsp3) is 0.300. The Labute approximate surface area is 152 Å². The first-order valence-electron chi connectivity index (χ1n) is 8.53. The number of hydrogen-bond acceptors (Lipinski definition) is 4. The lowest BCUT2D eigenvalue weighted by Crippen LogP contribution is -2.44. The lowest BCUT2D eigenvalue weighted by molar-refractivity contribution is -0.119. The predicted molar refractivity (Wildman–Crippen MR) is 98.1 cm³/mol. The Morgan fingerprint density at radius 3 is 2.58 bits per heavy atom. The van der Waals surface area contributed by atoms with Crippen molar-refractivity contribution in [1.82, 2.24) is 4.90 Å². The number of carbonyl (C=O) groups is 2. The highest BCUT2D eigenvalue weighted by Gasteiger charge is 2.40. The van der Waals surface area contributed by atoms with Gasteiger partial charge in [-0.1, -0.05) is 35.9 Å². The Balaban J connectivity index is 1.72. The Hall–Kier alpha value is -2.86. The van der Waals surface area contributed by atoms with Crippen molar-refractivity contribution in [2.75, 3.05) is 11.9 Å². The molecule has 3 rings (SSSR count). The molecule has 0 aliphatic carbocycles. The summed E-state index contributed by atoms with van der Waals surface area (Å²) in [5.41, 5.74) is 2.73. The number of aryl methyl sites for hydroxylation is 2. The zero-order valence-electron chi connectivity index (χ0n) is 14.8. The molecule has 2 amide bonds. The maximum atomic E-state index is 12.7. The van der Waals surface area contributed by atoms with Crippen LogP contribution in [0.3, 0.4) is 0 Å². The molecule has 2 aromatic rings. The minimum atomic E-state index is -0.776. The molecule has 1 fully saturated rings. The number of β-amino-alcohol motifs (C(OH)–C–C–N with tert-alkyl or cyclic N) is 1. The zero-order chi connectivity index (χ0) is 18.7. The second-order valence-corrected chi connectivity index (χ2v) is 6.55. The fourth-order valence-electron chi connectivity index (χ4n) is 3.08. The molecular weight excluding hydrogens is 332 g/mol. The standard InChI is InChI=1S/C20H22N2O4/c1-13-8-9-17(14(2)10-13)21-19(24)18-11-15(23)12-22(18)20(25)26-16-6-4-3-5-7-16/h3-10,15,18,23H,11-12H2,1-2H3,(H,21,24)/t15-,18+/m0/s1. The van der Waals surface area contributed by atoms with Gasteiger partial charge in [-0.25, -0.2) is 4.79 Å². The quantitative estimate of drug-likeness (QED) is 0.888. The van der Waals surface area contributed by atoms with Gasteiger partial charge in [0, 0.05) is 12.1 Å². The van der Waals surface area contributed by atoms with Crippen molar-refractivity contribution in [3.05, 3.63) is 59.7 Å². The second-order valence-electron chi connectivity index (χ2n) is 6.55. The molecule has 0 aromatic heterocycles. The highest BCUT2D eigenvalue weighted by atomic mass is 16.6. The van der Waals surface area contributed by atoms with Gasteiger partial charge in [-0.15, -0.1) is 0 Å². The van der Waals surface area contributed by atoms with Crippen molar-refractivity contribution in [2.24, 2.45) is 0 Å². The summed E-state index contributed by atoms with van der Waals surface area (Å²) in [5, 5.41) is 12.8. The SMILES string of the molecule is Cc1ccc(NC(=O)[C@H]2C[C@H](O)CN2C(=O)Oc2ccccc2)c(C)c1. The number of aliphatic hydroxyl groups excluding tert-OH is 1. The van der Waals surface area contributed by atoms with Gasteiger partial charge in [0.15, 0.2) is 0 Å². The van der Waals surface area contributed by atoms with E-state index in [4.69, 9.17) is 4.74 Å². The molecule has 0 spiro atoms. The number of nitrogens with one attached hydrogen (secondary N) is 1. The van der Waals surface area contributed by atoms with Crippen LogP contribution in [0.4, 0.5) is 10.5 Å². The third-order valence-electron chi connectivity index (χ3n) is 4.40. The van der Waals surface area contributed by atoms with E-state index in [0.717, 1.165) is 11.1 Å². The number of hydrogen-bond donors (Lipinski definition) is 2. The van der Waals surface area contributed by atoms with Crippen LogP contribution >= 0.6 is 0 Å². The fourth-order valence-corrected chi connectivity index (χ4v) is 3.08. The van der Waals surface area contributed by atoms with Crippen LogP contribution < -0.4 is 10.1 Å². The van der Waals surface area contributed by atoms with E-state index in [1.54, 1.807) is 24.3 Å². The normalized spacial score (nSPS) is 19.3. The van der Waals surface area contributed by atoms with Gasteiger partial charge in [0.1, 0.15) is 11.8 Å². The molecule has 2 N–H and O–H groups in total. The van der Waals surface area contributed by atoms with E-state index in [1.807, 2.05) is 38.1 Å². The van der Waals surface area contributed by atoms with E-state index in [1.165, 1.54) is 4.90 Å². The lowest BCUT2D eigenvalue weighted by Gasteiger charge is -2.23. The van der Waals surface area contributed by atoms with Crippen LogP contribution in [0.5, 0.6) is 5.75 Å². The van der Waals surface area contributed by atoms with Crippen LogP contribution in [-0.2, 0) is 4.79 Å². The molecule has 1 saturated heterocycles. The van der Waals surface area contributed by atoms with E-state index >= 15 is 0 Å². The topological polar surface area (TPSA) is 78.9 Å². The summed E-state index contributed by atoms with van der Waals surface area (Å²) in [4.78, 5) is 26.4. The minimum absolute atomic E-state index is 0.0661. The molecule has 0 unspecified atom stereocenters. The summed E-state index contributed by atoms with van der Waals surface area (Å²) in [6.07, 6.45) is -1.22. The highest BCUT2D eigenvalue weighted by Crippen LogP contribution is 2.23. The number of anilines is 1. The summed E-state index contributed by atoms with van der Waals surface area (Å²) >= 11 is 0. The molecule has 0 bridgehead atoms. The van der Waals surface area contributed by atoms with Gasteiger partial charge in [-0.2, -0.15) is 0 Å². The molecule has 1 heterocycles. The van der Waals surface area contributed by atoms with Gasteiger partial charge in [0.05, 0.1) is 12.6 Å². The Kier molecular flexibility index (Phi) is 5.23. The molecule has 1 aliphatic rings. The van der Waals surface area contributed by atoms with E-state index < -0.39 is 18.2 Å². The van der Waals surface area contributed by atoms with Crippen molar-refractivity contribution in [2.45, 2.75) is 32.4 Å². The third-order valence-corrected chi connectivity index (χ3v) is 4.40. The van der Waals surface area contributed by atoms with E-state index in [0.29, 0.717) is 11.4 Å². The van der Waals surface area contributed by atoms with Gasteiger partial charge in [-0.05, 0) is 37.6 Å². The van der Waals surface area contributed by atoms with Crippen LogP contribution in [0, 0.1) is 13.8 Å². The predicted octanol–water partition coefficient (Wildman–Crippen LogP) is 2.88. The highest BCUT2D eigenvalue weighted by molar-refractivity contribution is 5.97. The van der Waals surface area contributed by atoms with Gasteiger partial charge < -0.3 is 15.2 Å². The lowest BCUT2D eigenvalue weighted by atomic mass is 10.1. The number of ether oxygens (including phenoxy) is 1. The van der Waals surface area contributed by atoms with Gasteiger partial charge >= 0.3 is 6.09 Å². The molecule has 0 radical (unpaired) electrons. The molecule has 2 atom stereocenters. The van der Waals surface area contributed by atoms with Crippen LogP contribution in [0.1, 0.15) is 17.5 Å². The molecular formula is C20H22N2O4. The molecule has 6 nitrogen and oxygen atoms in total. The second kappa shape index (κ2) is 7.58. The maximum absolute atomic E-state index is 12.7. The number of likely N-dealkylation sites (tertiary alicyclic amines) is 1. The molecule has 26 heavy (non-hydrogen) atoms. The van der Waals surface area contributed by atoms with Gasteiger partial charge in [-0.3, -0.25) is 9.69 Å². The maximum Gasteiger partial charge on any atom is 0.416 e. The summed E-state index contributed by atoms with van der Waals surface area (Å²) in [7, 11) is 0. The molecule has 136 valence electrons. The molecule has 0 saturated carbocycles. The number of aliphatic hydroxyl groups is 1. The first-order valence-corrected chi connectivity index (χ1v) is 8.53. The first kappa shape index (κ1) is 17.9. The van der Waals surface area contributed by atoms with Gasteiger partial charge in [0.25, 0.3) is 0 Å². The van der Waals surface area contributed by atoms with E-state index in [2.05, 4.69) is 5.32 Å². The van der Waals surface area contributed by atoms with E-state index in [9.17, 15) is 14.7 Å². The van der Waals surface area contributed by atoms with Gasteiger partial charge in [0.2, 0.25) is 5.91 Å². The number of para-hydroxylation sites is 1. The number of nitrogens with zero attached hydrogens (tertiary/aromatic N) is 1. The number of rotatable bonds is 3. The number of amides is 2. The summed E-state index contributed by atoms with van der Waals surface area (Å²) in [6, 6.07) is 13.6. The Bertz CT molecular complexity index is 807. The monoisotopic (exact) mass is 354 g/mol. The van der Waals surface area contributed by atoms with E-state index in [-0.39, 0.29) is 18.9 Å². The summed E-state index contributed by atoms with van der Waals surface area (Å²) in [6.45, 7) is 3.96. The minimum Gasteiger partial charge on any atom is -0.410 e. The average molecular weight is 354 g/mol. The molecule has 1 aliphatic heterocycles.